The molecular weight excluding hydrogens is 354 g/mol. The number of benzene rings is 2. The van der Waals surface area contributed by atoms with Crippen molar-refractivity contribution >= 4 is 44.2 Å². The molecule has 2 aromatic carbocycles. The van der Waals surface area contributed by atoms with E-state index in [4.69, 9.17) is 16.6 Å². The Kier molecular flexibility index (Phi) is 4.36. The van der Waals surface area contributed by atoms with Gasteiger partial charge in [0.15, 0.2) is 5.13 Å². The summed E-state index contributed by atoms with van der Waals surface area (Å²) >= 11 is 7.87. The minimum Gasteiger partial charge on any atom is -0.345 e. The van der Waals surface area contributed by atoms with Crippen LogP contribution in [0.3, 0.4) is 0 Å². The molecule has 1 aliphatic heterocycles. The number of fused-ring (bicyclic) bond motifs is 1. The zero-order valence-electron chi connectivity index (χ0n) is 13.9. The van der Waals surface area contributed by atoms with Gasteiger partial charge in [-0.15, -0.1) is 0 Å². The van der Waals surface area contributed by atoms with Crippen LogP contribution < -0.4 is 4.90 Å². The molecule has 3 aromatic rings. The van der Waals surface area contributed by atoms with Gasteiger partial charge in [-0.05, 0) is 36.8 Å². The van der Waals surface area contributed by atoms with Gasteiger partial charge in [0.25, 0.3) is 5.91 Å². The second kappa shape index (κ2) is 6.65. The molecule has 0 N–H and O–H groups in total. The van der Waals surface area contributed by atoms with Gasteiger partial charge in [0.2, 0.25) is 0 Å². The summed E-state index contributed by atoms with van der Waals surface area (Å²) in [4.78, 5) is 21.5. The monoisotopic (exact) mass is 371 g/mol. The molecule has 4 rings (SSSR count). The van der Waals surface area contributed by atoms with E-state index in [0.29, 0.717) is 23.7 Å². The molecule has 128 valence electrons. The number of aryl methyl sites for hydroxylation is 1. The van der Waals surface area contributed by atoms with E-state index in [1.54, 1.807) is 23.5 Å². The van der Waals surface area contributed by atoms with Gasteiger partial charge in [-0.2, -0.15) is 0 Å². The molecule has 0 unspecified atom stereocenters. The molecule has 0 atom stereocenters. The maximum atomic E-state index is 12.7. The quantitative estimate of drug-likeness (QED) is 0.676. The lowest BCUT2D eigenvalue weighted by Gasteiger charge is -2.34. The number of carbonyl (C=O) groups is 1. The largest absolute Gasteiger partial charge is 0.345 e. The first-order valence-corrected chi connectivity index (χ1v) is 9.47. The molecule has 0 bridgehead atoms. The third-order valence-electron chi connectivity index (χ3n) is 4.47. The van der Waals surface area contributed by atoms with Crippen LogP contribution in [0.2, 0.25) is 5.02 Å². The van der Waals surface area contributed by atoms with Gasteiger partial charge >= 0.3 is 0 Å². The summed E-state index contributed by atoms with van der Waals surface area (Å²) < 4.78 is 1.21. The summed E-state index contributed by atoms with van der Waals surface area (Å²) in [5.41, 5.74) is 2.87. The molecule has 25 heavy (non-hydrogen) atoms. The first-order valence-electron chi connectivity index (χ1n) is 8.28. The highest BCUT2D eigenvalue weighted by Crippen LogP contribution is 2.30. The van der Waals surface area contributed by atoms with Gasteiger partial charge < -0.3 is 9.80 Å². The first kappa shape index (κ1) is 16.4. The molecule has 2 heterocycles. The highest BCUT2D eigenvalue weighted by atomic mass is 35.5. The van der Waals surface area contributed by atoms with Crippen LogP contribution in [-0.4, -0.2) is 42.0 Å². The Morgan fingerprint density at radius 3 is 2.64 bits per heavy atom. The standard InChI is InChI=1S/C19H18ClN3OS/c1-13-6-7-16-17(12-13)25-19(21-16)23-10-8-22(9-11-23)18(24)14-4-2-3-5-15(14)20/h2-7,12H,8-11H2,1H3. The second-order valence-corrected chi connectivity index (χ2v) is 7.64. The normalized spacial score (nSPS) is 15.0. The van der Waals surface area contributed by atoms with Crippen LogP contribution in [0.1, 0.15) is 15.9 Å². The zero-order valence-corrected chi connectivity index (χ0v) is 15.5. The average Bonchev–Trinajstić information content (AvgIpc) is 3.05. The van der Waals surface area contributed by atoms with Gasteiger partial charge in [-0.25, -0.2) is 4.98 Å². The summed E-state index contributed by atoms with van der Waals surface area (Å²) in [5, 5.41) is 1.54. The lowest BCUT2D eigenvalue weighted by atomic mass is 10.2. The van der Waals surface area contributed by atoms with Crippen molar-refractivity contribution in [3.63, 3.8) is 0 Å². The topological polar surface area (TPSA) is 36.4 Å². The van der Waals surface area contributed by atoms with Crippen LogP contribution in [0.4, 0.5) is 5.13 Å². The number of halogens is 1. The van der Waals surface area contributed by atoms with Gasteiger partial charge in [-0.3, -0.25) is 4.79 Å². The first-order chi connectivity index (χ1) is 12.1. The number of aromatic nitrogens is 1. The smallest absolute Gasteiger partial charge is 0.255 e. The van der Waals surface area contributed by atoms with Crippen molar-refractivity contribution in [3.05, 3.63) is 58.6 Å². The number of amides is 1. The van der Waals surface area contributed by atoms with E-state index >= 15 is 0 Å². The second-order valence-electron chi connectivity index (χ2n) is 6.23. The molecule has 4 nitrogen and oxygen atoms in total. The number of anilines is 1. The minimum atomic E-state index is 0.00479. The lowest BCUT2D eigenvalue weighted by molar-refractivity contribution is 0.0747. The predicted molar refractivity (Wildman–Crippen MR) is 104 cm³/mol. The molecule has 0 saturated carbocycles. The minimum absolute atomic E-state index is 0.00479. The maximum absolute atomic E-state index is 12.7. The number of carbonyl (C=O) groups excluding carboxylic acids is 1. The molecular formula is C19H18ClN3OS. The zero-order chi connectivity index (χ0) is 17.4. The highest BCUT2D eigenvalue weighted by molar-refractivity contribution is 7.22. The van der Waals surface area contributed by atoms with Gasteiger partial charge in [0, 0.05) is 26.2 Å². The maximum Gasteiger partial charge on any atom is 0.255 e. The van der Waals surface area contributed by atoms with Gasteiger partial charge in [0.1, 0.15) is 0 Å². The molecule has 0 aliphatic carbocycles. The predicted octanol–water partition coefficient (Wildman–Crippen LogP) is 4.22. The van der Waals surface area contributed by atoms with E-state index in [0.717, 1.165) is 23.7 Å². The lowest BCUT2D eigenvalue weighted by Crippen LogP contribution is -2.48. The summed E-state index contributed by atoms with van der Waals surface area (Å²) in [5.74, 6) is 0.00479. The molecule has 1 amide bonds. The van der Waals surface area contributed by atoms with Crippen molar-refractivity contribution in [2.75, 3.05) is 31.1 Å². The Hall–Kier alpha value is -2.11. The fraction of sp³-hybridized carbons (Fsp3) is 0.263. The van der Waals surface area contributed by atoms with Crippen molar-refractivity contribution in [1.29, 1.82) is 0 Å². The fourth-order valence-corrected chi connectivity index (χ4v) is 4.39. The number of piperazine rings is 1. The van der Waals surface area contributed by atoms with Crippen molar-refractivity contribution in [2.45, 2.75) is 6.92 Å². The Balaban J connectivity index is 1.47. The van der Waals surface area contributed by atoms with E-state index in [9.17, 15) is 4.79 Å². The van der Waals surface area contributed by atoms with Crippen LogP contribution in [-0.2, 0) is 0 Å². The highest BCUT2D eigenvalue weighted by Gasteiger charge is 2.24. The van der Waals surface area contributed by atoms with Crippen molar-refractivity contribution in [1.82, 2.24) is 9.88 Å². The molecule has 1 aromatic heterocycles. The Morgan fingerprint density at radius 1 is 1.12 bits per heavy atom. The SMILES string of the molecule is Cc1ccc2nc(N3CCN(C(=O)c4ccccc4Cl)CC3)sc2c1. The van der Waals surface area contributed by atoms with Crippen molar-refractivity contribution in [3.8, 4) is 0 Å². The van der Waals surface area contributed by atoms with Crippen LogP contribution in [0.15, 0.2) is 42.5 Å². The summed E-state index contributed by atoms with van der Waals surface area (Å²) in [6.07, 6.45) is 0. The van der Waals surface area contributed by atoms with E-state index in [1.165, 1.54) is 10.3 Å². The van der Waals surface area contributed by atoms with E-state index in [1.807, 2.05) is 17.0 Å². The summed E-state index contributed by atoms with van der Waals surface area (Å²) in [7, 11) is 0. The number of hydrogen-bond acceptors (Lipinski definition) is 4. The molecule has 0 radical (unpaired) electrons. The summed E-state index contributed by atoms with van der Waals surface area (Å²) in [6.45, 7) is 5.03. The van der Waals surface area contributed by atoms with E-state index in [-0.39, 0.29) is 5.91 Å². The van der Waals surface area contributed by atoms with Crippen LogP contribution in [0.5, 0.6) is 0 Å². The molecule has 6 heteroatoms. The van der Waals surface area contributed by atoms with E-state index in [2.05, 4.69) is 30.0 Å². The Labute approximate surface area is 155 Å². The summed E-state index contributed by atoms with van der Waals surface area (Å²) in [6, 6.07) is 13.6. The third-order valence-corrected chi connectivity index (χ3v) is 5.88. The fourth-order valence-electron chi connectivity index (χ4n) is 3.06. The number of thiazole rings is 1. The third kappa shape index (κ3) is 3.22. The Bertz CT molecular complexity index is 931. The van der Waals surface area contributed by atoms with Crippen molar-refractivity contribution in [2.24, 2.45) is 0 Å². The van der Waals surface area contributed by atoms with Gasteiger partial charge in [0.05, 0.1) is 20.8 Å². The number of nitrogens with zero attached hydrogens (tertiary/aromatic N) is 3. The van der Waals surface area contributed by atoms with Crippen LogP contribution in [0, 0.1) is 6.92 Å². The van der Waals surface area contributed by atoms with E-state index < -0.39 is 0 Å². The molecule has 1 fully saturated rings. The van der Waals surface area contributed by atoms with Gasteiger partial charge in [-0.1, -0.05) is 41.1 Å². The molecule has 0 spiro atoms. The Morgan fingerprint density at radius 2 is 1.88 bits per heavy atom. The average molecular weight is 372 g/mol. The molecule has 1 aliphatic rings. The van der Waals surface area contributed by atoms with Crippen LogP contribution >= 0.6 is 22.9 Å². The molecule has 1 saturated heterocycles. The van der Waals surface area contributed by atoms with Crippen molar-refractivity contribution < 1.29 is 4.79 Å². The number of hydrogen-bond donors (Lipinski definition) is 0. The van der Waals surface area contributed by atoms with Crippen LogP contribution in [0.25, 0.3) is 10.2 Å². The number of rotatable bonds is 2.